The van der Waals surface area contributed by atoms with Crippen LogP contribution < -0.4 is 5.32 Å². The minimum absolute atomic E-state index is 0.128. The molecule has 0 heterocycles. The molecule has 2 aromatic rings. The van der Waals surface area contributed by atoms with Crippen LogP contribution in [0.2, 0.25) is 0 Å². The molecule has 1 aliphatic rings. The van der Waals surface area contributed by atoms with E-state index >= 15 is 0 Å². The van der Waals surface area contributed by atoms with E-state index in [1.165, 1.54) is 11.8 Å². The molecule has 0 bridgehead atoms. The maximum absolute atomic E-state index is 13.2. The molecule has 0 saturated carbocycles. The lowest BCUT2D eigenvalue weighted by atomic mass is 10.0. The van der Waals surface area contributed by atoms with Crippen molar-refractivity contribution in [3.63, 3.8) is 0 Å². The first-order chi connectivity index (χ1) is 17.0. The molecule has 6 nitrogen and oxygen atoms in total. The topological polar surface area (TPSA) is 86.7 Å². The number of carbonyl (C=O) groups excluding carboxylic acids is 2. The molecule has 35 heavy (non-hydrogen) atoms. The lowest BCUT2D eigenvalue weighted by Crippen LogP contribution is -2.51. The van der Waals surface area contributed by atoms with Gasteiger partial charge < -0.3 is 10.4 Å². The Balaban J connectivity index is 1.70. The Morgan fingerprint density at radius 3 is 2.63 bits per heavy atom. The van der Waals surface area contributed by atoms with Gasteiger partial charge in [-0.15, -0.1) is 11.8 Å². The molecule has 2 atom stereocenters. The molecule has 1 aliphatic carbocycles. The summed E-state index contributed by atoms with van der Waals surface area (Å²) in [5.41, 5.74) is 1.00. The van der Waals surface area contributed by atoms with Gasteiger partial charge in [-0.1, -0.05) is 67.3 Å². The third-order valence-electron chi connectivity index (χ3n) is 5.19. The number of carboxylic acid groups (broad SMARTS) is 1. The predicted octanol–water partition coefficient (Wildman–Crippen LogP) is 4.98. The smallest absolute Gasteiger partial charge is 0.327 e. The number of nitrogens with zero attached hydrogens (tertiary/aromatic N) is 1. The van der Waals surface area contributed by atoms with Crippen molar-refractivity contribution in [2.24, 2.45) is 5.92 Å². The van der Waals surface area contributed by atoms with E-state index in [-0.39, 0.29) is 18.2 Å². The van der Waals surface area contributed by atoms with Crippen LogP contribution in [0.15, 0.2) is 83.8 Å². The Morgan fingerprint density at radius 1 is 1.14 bits per heavy atom. The molecule has 2 N–H and O–H groups in total. The maximum atomic E-state index is 13.2. The SMILES string of the molecule is CCCN(C(=O)N[C@@H](CSc1ccccc1)C(=O)O)C(=O)c1cccc(C#CC2C=CC=CC2)c1. The lowest BCUT2D eigenvalue weighted by Gasteiger charge is -2.23. The summed E-state index contributed by atoms with van der Waals surface area (Å²) in [5, 5.41) is 12.1. The maximum Gasteiger partial charge on any atom is 0.327 e. The minimum Gasteiger partial charge on any atom is -0.480 e. The molecule has 7 heteroatoms. The van der Waals surface area contributed by atoms with Crippen LogP contribution in [-0.4, -0.2) is 46.3 Å². The van der Waals surface area contributed by atoms with Gasteiger partial charge >= 0.3 is 12.0 Å². The second-order valence-corrected chi connectivity index (χ2v) is 9.02. The highest BCUT2D eigenvalue weighted by Crippen LogP contribution is 2.18. The average molecular weight is 489 g/mol. The zero-order valence-corrected chi connectivity index (χ0v) is 20.3. The highest BCUT2D eigenvalue weighted by Gasteiger charge is 2.27. The van der Waals surface area contributed by atoms with E-state index in [4.69, 9.17) is 0 Å². The van der Waals surface area contributed by atoms with E-state index in [1.807, 2.05) is 61.5 Å². The molecule has 0 fully saturated rings. The van der Waals surface area contributed by atoms with Gasteiger partial charge in [0.1, 0.15) is 6.04 Å². The van der Waals surface area contributed by atoms with E-state index in [0.29, 0.717) is 17.5 Å². The van der Waals surface area contributed by atoms with E-state index < -0.39 is 23.9 Å². The third-order valence-corrected chi connectivity index (χ3v) is 6.29. The van der Waals surface area contributed by atoms with Crippen molar-refractivity contribution in [1.82, 2.24) is 10.2 Å². The van der Waals surface area contributed by atoms with Crippen molar-refractivity contribution in [3.05, 3.63) is 90.0 Å². The lowest BCUT2D eigenvalue weighted by molar-refractivity contribution is -0.138. The Labute approximate surface area is 210 Å². The van der Waals surface area contributed by atoms with E-state index in [1.54, 1.807) is 18.2 Å². The number of nitrogens with one attached hydrogen (secondary N) is 1. The number of hydrogen-bond acceptors (Lipinski definition) is 4. The van der Waals surface area contributed by atoms with E-state index in [2.05, 4.69) is 23.2 Å². The van der Waals surface area contributed by atoms with Gasteiger partial charge in [-0.3, -0.25) is 9.69 Å². The predicted molar refractivity (Wildman–Crippen MR) is 138 cm³/mol. The summed E-state index contributed by atoms with van der Waals surface area (Å²) < 4.78 is 0. The van der Waals surface area contributed by atoms with Crippen LogP contribution in [0, 0.1) is 17.8 Å². The van der Waals surface area contributed by atoms with Crippen molar-refractivity contribution in [3.8, 4) is 11.8 Å². The highest BCUT2D eigenvalue weighted by molar-refractivity contribution is 7.99. The number of imide groups is 1. The Bertz CT molecular complexity index is 1160. The first-order valence-electron chi connectivity index (χ1n) is 11.5. The molecule has 3 rings (SSSR count). The number of carbonyl (C=O) groups is 3. The van der Waals surface area contributed by atoms with Crippen LogP contribution in [0.3, 0.4) is 0 Å². The molecule has 1 unspecified atom stereocenters. The molecule has 2 aromatic carbocycles. The number of benzene rings is 2. The number of amides is 3. The molecule has 0 saturated heterocycles. The molecule has 0 radical (unpaired) electrons. The van der Waals surface area contributed by atoms with Crippen LogP contribution >= 0.6 is 11.8 Å². The summed E-state index contributed by atoms with van der Waals surface area (Å²) in [4.78, 5) is 39.9. The van der Waals surface area contributed by atoms with Crippen LogP contribution in [0.1, 0.15) is 35.7 Å². The molecule has 3 amide bonds. The van der Waals surface area contributed by atoms with Gasteiger partial charge in [-0.25, -0.2) is 9.59 Å². The van der Waals surface area contributed by atoms with Gasteiger partial charge in [0.05, 0.1) is 0 Å². The second-order valence-electron chi connectivity index (χ2n) is 7.93. The van der Waals surface area contributed by atoms with Gasteiger partial charge in [0, 0.05) is 34.2 Å². The van der Waals surface area contributed by atoms with Gasteiger partial charge in [0.2, 0.25) is 0 Å². The summed E-state index contributed by atoms with van der Waals surface area (Å²) in [7, 11) is 0. The van der Waals surface area contributed by atoms with Gasteiger partial charge in [-0.05, 0) is 43.2 Å². The number of rotatable bonds is 8. The fourth-order valence-corrected chi connectivity index (χ4v) is 4.30. The molecule has 0 aliphatic heterocycles. The Morgan fingerprint density at radius 2 is 1.94 bits per heavy atom. The molecular weight excluding hydrogens is 460 g/mol. The van der Waals surface area contributed by atoms with Gasteiger partial charge in [0.25, 0.3) is 5.91 Å². The molecule has 0 spiro atoms. The summed E-state index contributed by atoms with van der Waals surface area (Å²) in [6.45, 7) is 2.01. The fraction of sp³-hybridized carbons (Fsp3) is 0.250. The number of allylic oxidation sites excluding steroid dienone is 4. The van der Waals surface area contributed by atoms with Gasteiger partial charge in [-0.2, -0.15) is 0 Å². The first-order valence-corrected chi connectivity index (χ1v) is 12.4. The quantitative estimate of drug-likeness (QED) is 0.404. The highest BCUT2D eigenvalue weighted by atomic mass is 32.2. The van der Waals surface area contributed by atoms with Gasteiger partial charge in [0.15, 0.2) is 0 Å². The summed E-state index contributed by atoms with van der Waals surface area (Å²) >= 11 is 1.32. The van der Waals surface area contributed by atoms with Crippen molar-refractivity contribution in [2.75, 3.05) is 12.3 Å². The number of urea groups is 1. The Kier molecular flexibility index (Phi) is 9.76. The monoisotopic (exact) mass is 488 g/mol. The molecular formula is C28H28N2O4S. The van der Waals surface area contributed by atoms with Crippen LogP contribution in [-0.2, 0) is 4.79 Å². The standard InChI is InChI=1S/C28H28N2O4S/c1-2-18-30(28(34)29-25(27(32)33)20-35-24-14-7-4-8-15-24)26(31)23-13-9-12-22(19-23)17-16-21-10-5-3-6-11-21/h3-10,12-15,19,21,25H,2,11,18,20H2,1H3,(H,29,34)(H,32,33)/t21?,25-/m0/s1. The third kappa shape index (κ3) is 7.90. The summed E-state index contributed by atoms with van der Waals surface area (Å²) in [5.74, 6) is 4.90. The number of thioether (sulfide) groups is 1. The Hall–Kier alpha value is -3.76. The zero-order valence-electron chi connectivity index (χ0n) is 19.5. The average Bonchev–Trinajstić information content (AvgIpc) is 2.89. The van der Waals surface area contributed by atoms with Crippen molar-refractivity contribution in [2.45, 2.75) is 30.7 Å². The van der Waals surface area contributed by atoms with Crippen molar-refractivity contribution in [1.29, 1.82) is 0 Å². The van der Waals surface area contributed by atoms with Crippen molar-refractivity contribution >= 4 is 29.7 Å². The second kappa shape index (κ2) is 13.2. The van der Waals surface area contributed by atoms with E-state index in [9.17, 15) is 19.5 Å². The number of hydrogen-bond donors (Lipinski definition) is 2. The largest absolute Gasteiger partial charge is 0.480 e. The van der Waals surface area contributed by atoms with Crippen LogP contribution in [0.5, 0.6) is 0 Å². The minimum atomic E-state index is -1.16. The van der Waals surface area contributed by atoms with Crippen molar-refractivity contribution < 1.29 is 19.5 Å². The zero-order chi connectivity index (χ0) is 25.0. The first kappa shape index (κ1) is 25.9. The molecule has 0 aromatic heterocycles. The fourth-order valence-electron chi connectivity index (χ4n) is 3.37. The summed E-state index contributed by atoms with van der Waals surface area (Å²) in [6, 6.07) is 14.3. The van der Waals surface area contributed by atoms with E-state index in [0.717, 1.165) is 16.2 Å². The number of carboxylic acids is 1. The number of aliphatic carboxylic acids is 1. The molecule has 180 valence electrons. The summed E-state index contributed by atoms with van der Waals surface area (Å²) in [6.07, 6.45) is 9.43. The van der Waals surface area contributed by atoms with Crippen LogP contribution in [0.25, 0.3) is 0 Å². The normalized spacial score (nSPS) is 14.9. The van der Waals surface area contributed by atoms with Crippen LogP contribution in [0.4, 0.5) is 4.79 Å².